The second-order valence-electron chi connectivity index (χ2n) is 3.87. The van der Waals surface area contributed by atoms with Crippen molar-refractivity contribution in [3.63, 3.8) is 0 Å². The van der Waals surface area contributed by atoms with Crippen molar-refractivity contribution in [3.05, 3.63) is 34.9 Å². The highest BCUT2D eigenvalue weighted by Gasteiger charge is 2.15. The zero-order valence-corrected chi connectivity index (χ0v) is 10.2. The van der Waals surface area contributed by atoms with Gasteiger partial charge in [-0.2, -0.15) is 0 Å². The van der Waals surface area contributed by atoms with Crippen molar-refractivity contribution in [2.45, 2.75) is 19.4 Å². The molecule has 4 heteroatoms. The molecule has 1 aromatic rings. The van der Waals surface area contributed by atoms with Gasteiger partial charge < -0.3 is 5.11 Å². The lowest BCUT2D eigenvalue weighted by atomic mass is 10.1. The average Bonchev–Trinajstić information content (AvgIpc) is 2.26. The van der Waals surface area contributed by atoms with Crippen LogP contribution in [0, 0.1) is 0 Å². The Kier molecular flexibility index (Phi) is 4.77. The third kappa shape index (κ3) is 3.83. The van der Waals surface area contributed by atoms with Gasteiger partial charge in [0.2, 0.25) is 0 Å². The molecule has 0 heterocycles. The highest BCUT2D eigenvalue weighted by molar-refractivity contribution is 6.30. The fraction of sp³-hybridized carbons (Fsp3) is 0.417. The first-order valence-electron chi connectivity index (χ1n) is 5.18. The summed E-state index contributed by atoms with van der Waals surface area (Å²) in [5, 5.41) is 9.55. The van der Waals surface area contributed by atoms with Gasteiger partial charge in [-0.15, -0.1) is 0 Å². The van der Waals surface area contributed by atoms with E-state index in [9.17, 15) is 4.79 Å². The lowest BCUT2D eigenvalue weighted by Gasteiger charge is -2.20. The summed E-state index contributed by atoms with van der Waals surface area (Å²) in [6, 6.07) is 7.16. The lowest BCUT2D eigenvalue weighted by molar-refractivity contribution is -0.142. The van der Waals surface area contributed by atoms with E-state index in [1.165, 1.54) is 0 Å². The summed E-state index contributed by atoms with van der Waals surface area (Å²) in [6.45, 7) is 2.40. The number of likely N-dealkylation sites (N-methyl/N-ethyl adjacent to an activating group) is 1. The van der Waals surface area contributed by atoms with Crippen molar-refractivity contribution >= 4 is 17.6 Å². The number of carbonyl (C=O) groups is 1. The van der Waals surface area contributed by atoms with Crippen LogP contribution in [-0.2, 0) is 11.2 Å². The van der Waals surface area contributed by atoms with Crippen molar-refractivity contribution in [1.29, 1.82) is 0 Å². The van der Waals surface area contributed by atoms with Crippen molar-refractivity contribution in [1.82, 2.24) is 4.90 Å². The first-order chi connectivity index (χ1) is 7.50. The van der Waals surface area contributed by atoms with Crippen LogP contribution in [0.15, 0.2) is 24.3 Å². The van der Waals surface area contributed by atoms with Crippen LogP contribution in [0.4, 0.5) is 0 Å². The SMILES string of the molecule is CC(C(=O)O)N(C)CCc1ccc(Cl)cc1. The topological polar surface area (TPSA) is 40.5 Å². The van der Waals surface area contributed by atoms with Crippen molar-refractivity contribution in [3.8, 4) is 0 Å². The fourth-order valence-corrected chi connectivity index (χ4v) is 1.46. The largest absolute Gasteiger partial charge is 0.480 e. The van der Waals surface area contributed by atoms with Gasteiger partial charge in [-0.1, -0.05) is 23.7 Å². The first-order valence-corrected chi connectivity index (χ1v) is 5.56. The van der Waals surface area contributed by atoms with Gasteiger partial charge in [-0.3, -0.25) is 9.69 Å². The Bertz CT molecular complexity index is 351. The zero-order chi connectivity index (χ0) is 12.1. The summed E-state index contributed by atoms with van der Waals surface area (Å²) >= 11 is 5.78. The van der Waals surface area contributed by atoms with Crippen molar-refractivity contribution in [2.75, 3.05) is 13.6 Å². The number of hydrogen-bond donors (Lipinski definition) is 1. The van der Waals surface area contributed by atoms with E-state index in [4.69, 9.17) is 16.7 Å². The van der Waals surface area contributed by atoms with Crippen molar-refractivity contribution in [2.24, 2.45) is 0 Å². The van der Waals surface area contributed by atoms with Gasteiger partial charge in [0.05, 0.1) is 0 Å². The molecule has 16 heavy (non-hydrogen) atoms. The average molecular weight is 242 g/mol. The monoisotopic (exact) mass is 241 g/mol. The van der Waals surface area contributed by atoms with Gasteiger partial charge in [0.15, 0.2) is 0 Å². The van der Waals surface area contributed by atoms with Crippen LogP contribution in [0.5, 0.6) is 0 Å². The van der Waals surface area contributed by atoms with Gasteiger partial charge in [-0.25, -0.2) is 0 Å². The Morgan fingerprint density at radius 3 is 2.50 bits per heavy atom. The summed E-state index contributed by atoms with van der Waals surface area (Å²) in [4.78, 5) is 12.6. The number of nitrogens with zero attached hydrogens (tertiary/aromatic N) is 1. The van der Waals surface area contributed by atoms with Crippen LogP contribution in [0.25, 0.3) is 0 Å². The number of carboxylic acids is 1. The normalized spacial score (nSPS) is 12.8. The van der Waals surface area contributed by atoms with Crippen LogP contribution in [-0.4, -0.2) is 35.6 Å². The van der Waals surface area contributed by atoms with Gasteiger partial charge in [0.1, 0.15) is 6.04 Å². The minimum atomic E-state index is -0.793. The second kappa shape index (κ2) is 5.87. The maximum Gasteiger partial charge on any atom is 0.320 e. The quantitative estimate of drug-likeness (QED) is 0.860. The molecule has 88 valence electrons. The molecule has 0 amide bonds. The minimum absolute atomic E-state index is 0.452. The second-order valence-corrected chi connectivity index (χ2v) is 4.31. The Morgan fingerprint density at radius 1 is 1.44 bits per heavy atom. The standard InChI is InChI=1S/C12H16ClNO2/c1-9(12(15)16)14(2)8-7-10-3-5-11(13)6-4-10/h3-6,9H,7-8H2,1-2H3,(H,15,16). The molecule has 3 nitrogen and oxygen atoms in total. The smallest absolute Gasteiger partial charge is 0.320 e. The van der Waals surface area contributed by atoms with Crippen LogP contribution >= 0.6 is 11.6 Å². The van der Waals surface area contributed by atoms with E-state index in [2.05, 4.69) is 0 Å². The number of aliphatic carboxylic acids is 1. The van der Waals surface area contributed by atoms with E-state index in [0.717, 1.165) is 23.6 Å². The highest BCUT2D eigenvalue weighted by Crippen LogP contribution is 2.10. The van der Waals surface area contributed by atoms with E-state index in [0.29, 0.717) is 0 Å². The van der Waals surface area contributed by atoms with Crippen LogP contribution in [0.2, 0.25) is 5.02 Å². The van der Waals surface area contributed by atoms with Crippen LogP contribution < -0.4 is 0 Å². The van der Waals surface area contributed by atoms with Gasteiger partial charge >= 0.3 is 5.97 Å². The molecule has 1 rings (SSSR count). The summed E-state index contributed by atoms with van der Waals surface area (Å²) in [6.07, 6.45) is 0.825. The molecule has 0 bridgehead atoms. The third-order valence-electron chi connectivity index (χ3n) is 2.68. The summed E-state index contributed by atoms with van der Waals surface area (Å²) in [7, 11) is 1.81. The molecule has 0 radical (unpaired) electrons. The number of benzene rings is 1. The summed E-state index contributed by atoms with van der Waals surface area (Å²) < 4.78 is 0. The van der Waals surface area contributed by atoms with Gasteiger partial charge in [0.25, 0.3) is 0 Å². The Labute approximate surface area is 101 Å². The molecule has 0 aliphatic heterocycles. The van der Waals surface area contributed by atoms with E-state index >= 15 is 0 Å². The predicted molar refractivity (Wildman–Crippen MR) is 64.9 cm³/mol. The van der Waals surface area contributed by atoms with E-state index in [1.54, 1.807) is 6.92 Å². The Morgan fingerprint density at radius 2 is 2.00 bits per heavy atom. The molecule has 0 fully saturated rings. The number of carboxylic acid groups (broad SMARTS) is 1. The van der Waals surface area contributed by atoms with E-state index < -0.39 is 12.0 Å². The minimum Gasteiger partial charge on any atom is -0.480 e. The van der Waals surface area contributed by atoms with Crippen LogP contribution in [0.3, 0.4) is 0 Å². The summed E-state index contributed by atoms with van der Waals surface area (Å²) in [5.74, 6) is -0.793. The fourth-order valence-electron chi connectivity index (χ4n) is 1.34. The lowest BCUT2D eigenvalue weighted by Crippen LogP contribution is -2.37. The Hall–Kier alpha value is -1.06. The molecule has 1 N–H and O–H groups in total. The van der Waals surface area contributed by atoms with Gasteiger partial charge in [-0.05, 0) is 38.1 Å². The molecular formula is C12H16ClNO2. The number of rotatable bonds is 5. The molecule has 0 saturated heterocycles. The number of hydrogen-bond acceptors (Lipinski definition) is 2. The van der Waals surface area contributed by atoms with Gasteiger partial charge in [0, 0.05) is 11.6 Å². The molecule has 0 saturated carbocycles. The summed E-state index contributed by atoms with van der Waals surface area (Å²) in [5.41, 5.74) is 1.16. The van der Waals surface area contributed by atoms with Crippen molar-refractivity contribution < 1.29 is 9.90 Å². The highest BCUT2D eigenvalue weighted by atomic mass is 35.5. The molecule has 0 aliphatic rings. The molecule has 1 atom stereocenters. The number of halogens is 1. The molecule has 0 spiro atoms. The Balaban J connectivity index is 2.45. The molecular weight excluding hydrogens is 226 g/mol. The molecule has 1 aromatic carbocycles. The third-order valence-corrected chi connectivity index (χ3v) is 2.94. The van der Waals surface area contributed by atoms with E-state index in [1.807, 2.05) is 36.2 Å². The first kappa shape index (κ1) is 13.0. The zero-order valence-electron chi connectivity index (χ0n) is 9.48. The predicted octanol–water partition coefficient (Wildman–Crippen LogP) is 2.29. The maximum absolute atomic E-state index is 10.7. The van der Waals surface area contributed by atoms with E-state index in [-0.39, 0.29) is 0 Å². The molecule has 0 aromatic heterocycles. The molecule has 1 unspecified atom stereocenters. The van der Waals surface area contributed by atoms with Crippen LogP contribution in [0.1, 0.15) is 12.5 Å². The molecule has 0 aliphatic carbocycles. The maximum atomic E-state index is 10.7.